The average Bonchev–Trinajstić information content (AvgIpc) is 3.31. The third-order valence-corrected chi connectivity index (χ3v) is 7.69. The summed E-state index contributed by atoms with van der Waals surface area (Å²) in [5.41, 5.74) is 8.94. The predicted molar refractivity (Wildman–Crippen MR) is 159 cm³/mol. The molecule has 0 aliphatic carbocycles. The molecule has 0 unspecified atom stereocenters. The number of nitrogens with zero attached hydrogens (tertiary/aromatic N) is 2. The third kappa shape index (κ3) is 4.15. The third-order valence-electron chi connectivity index (χ3n) is 7.69. The number of benzene rings is 4. The minimum Gasteiger partial charge on any atom is -0.454 e. The first-order valence-corrected chi connectivity index (χ1v) is 13.4. The Labute approximate surface area is 233 Å². The van der Waals surface area contributed by atoms with Crippen LogP contribution in [0, 0.1) is 24.1 Å². The summed E-state index contributed by atoms with van der Waals surface area (Å²) >= 11 is 0. The van der Waals surface area contributed by atoms with Crippen LogP contribution in [0.15, 0.2) is 95.5 Å². The van der Waals surface area contributed by atoms with Crippen LogP contribution in [0.4, 0.5) is 4.39 Å². The van der Waals surface area contributed by atoms with E-state index in [4.69, 9.17) is 4.42 Å². The van der Waals surface area contributed by atoms with Gasteiger partial charge in [-0.2, -0.15) is 9.83 Å². The van der Waals surface area contributed by atoms with Crippen LogP contribution in [0.5, 0.6) is 0 Å². The minimum absolute atomic E-state index is 0.229. The van der Waals surface area contributed by atoms with Gasteiger partial charge in [0.05, 0.1) is 17.2 Å². The molecule has 6 rings (SSSR count). The van der Waals surface area contributed by atoms with E-state index >= 15 is 4.39 Å². The highest BCUT2D eigenvalue weighted by atomic mass is 19.1. The summed E-state index contributed by atoms with van der Waals surface area (Å²) in [7, 11) is 1.86. The van der Waals surface area contributed by atoms with Gasteiger partial charge >= 0.3 is 0 Å². The van der Waals surface area contributed by atoms with Gasteiger partial charge in [-0.25, -0.2) is 4.39 Å². The molecule has 3 nitrogen and oxygen atoms in total. The molecule has 0 N–H and O–H groups in total. The maximum atomic E-state index is 15.0. The number of aryl methyl sites for hydroxylation is 2. The Morgan fingerprint density at radius 2 is 1.43 bits per heavy atom. The summed E-state index contributed by atoms with van der Waals surface area (Å²) in [6.07, 6.45) is 1.55. The molecule has 0 fully saturated rings. The standard InChI is InChI=1S/C36H30FN2O/c1-22-14-16-27-28-17-15-26(20-38)33(25-13-9-12-24(18-25)23-10-7-6-8-11-23)35(28)40-34(27)32(22)31-19-29(36(2,3)4)30(37)21-39(31)5/h6-19,21H,1-5H3/q+1. The number of aromatic nitrogens is 1. The Kier molecular flexibility index (Phi) is 6.04. The molecule has 40 heavy (non-hydrogen) atoms. The van der Waals surface area contributed by atoms with Crippen LogP contribution < -0.4 is 4.57 Å². The molecular weight excluding hydrogens is 495 g/mol. The Bertz CT molecular complexity index is 1970. The van der Waals surface area contributed by atoms with Crippen molar-refractivity contribution >= 4 is 21.9 Å². The first-order valence-electron chi connectivity index (χ1n) is 13.4. The molecule has 4 aromatic carbocycles. The number of hydrogen-bond acceptors (Lipinski definition) is 2. The number of rotatable bonds is 3. The van der Waals surface area contributed by atoms with Gasteiger partial charge in [0, 0.05) is 28.0 Å². The number of hydrogen-bond donors (Lipinski definition) is 0. The average molecular weight is 526 g/mol. The smallest absolute Gasteiger partial charge is 0.216 e. The lowest BCUT2D eigenvalue weighted by Crippen LogP contribution is -2.33. The highest BCUT2D eigenvalue weighted by molar-refractivity contribution is 6.14. The maximum absolute atomic E-state index is 15.0. The van der Waals surface area contributed by atoms with E-state index in [0.717, 1.165) is 55.4 Å². The van der Waals surface area contributed by atoms with Crippen LogP contribution in [0.2, 0.25) is 0 Å². The van der Waals surface area contributed by atoms with Crippen molar-refractivity contribution in [2.75, 3.05) is 0 Å². The number of nitriles is 1. The van der Waals surface area contributed by atoms with Gasteiger partial charge in [0.2, 0.25) is 11.9 Å². The zero-order valence-corrected chi connectivity index (χ0v) is 23.3. The molecule has 0 saturated carbocycles. The van der Waals surface area contributed by atoms with Gasteiger partial charge in [-0.15, -0.1) is 0 Å². The fourth-order valence-corrected chi connectivity index (χ4v) is 5.62. The minimum atomic E-state index is -0.360. The van der Waals surface area contributed by atoms with Crippen molar-refractivity contribution in [2.24, 2.45) is 7.05 Å². The first kappa shape index (κ1) is 25.5. The van der Waals surface area contributed by atoms with Gasteiger partial charge in [-0.1, -0.05) is 81.4 Å². The first-order chi connectivity index (χ1) is 19.2. The van der Waals surface area contributed by atoms with Crippen molar-refractivity contribution in [1.29, 1.82) is 5.26 Å². The summed E-state index contributed by atoms with van der Waals surface area (Å²) in [4.78, 5) is 0. The Balaban J connectivity index is 1.65. The Morgan fingerprint density at radius 3 is 2.12 bits per heavy atom. The lowest BCUT2D eigenvalue weighted by atomic mass is 9.86. The van der Waals surface area contributed by atoms with Crippen LogP contribution in [0.3, 0.4) is 0 Å². The molecule has 6 aromatic rings. The molecule has 0 spiro atoms. The van der Waals surface area contributed by atoms with Crippen LogP contribution in [-0.2, 0) is 12.5 Å². The fraction of sp³-hybridized carbons (Fsp3) is 0.167. The van der Waals surface area contributed by atoms with E-state index in [1.807, 2.05) is 87.8 Å². The number of furan rings is 1. The highest BCUT2D eigenvalue weighted by Gasteiger charge is 2.28. The van der Waals surface area contributed by atoms with Crippen LogP contribution in [0.25, 0.3) is 55.4 Å². The molecule has 0 amide bonds. The highest BCUT2D eigenvalue weighted by Crippen LogP contribution is 2.43. The second-order valence-electron chi connectivity index (χ2n) is 11.4. The van der Waals surface area contributed by atoms with Gasteiger partial charge < -0.3 is 4.42 Å². The van der Waals surface area contributed by atoms with E-state index < -0.39 is 0 Å². The number of fused-ring (bicyclic) bond motifs is 3. The van der Waals surface area contributed by atoms with Crippen LogP contribution in [-0.4, -0.2) is 0 Å². The van der Waals surface area contributed by atoms with E-state index in [2.05, 4.69) is 42.5 Å². The van der Waals surface area contributed by atoms with Crippen molar-refractivity contribution in [2.45, 2.75) is 33.1 Å². The molecule has 2 heterocycles. The second-order valence-corrected chi connectivity index (χ2v) is 11.4. The predicted octanol–water partition coefficient (Wildman–Crippen LogP) is 9.03. The quantitative estimate of drug-likeness (QED) is 0.216. The van der Waals surface area contributed by atoms with E-state index in [9.17, 15) is 5.26 Å². The Morgan fingerprint density at radius 1 is 0.775 bits per heavy atom. The lowest BCUT2D eigenvalue weighted by molar-refractivity contribution is -0.662. The molecule has 196 valence electrons. The topological polar surface area (TPSA) is 40.8 Å². The second kappa shape index (κ2) is 9.47. The van der Waals surface area contributed by atoms with E-state index in [1.54, 1.807) is 6.20 Å². The van der Waals surface area contributed by atoms with E-state index in [0.29, 0.717) is 16.7 Å². The summed E-state index contributed by atoms with van der Waals surface area (Å²) in [6.45, 7) is 8.10. The van der Waals surface area contributed by atoms with Crippen molar-refractivity contribution in [3.63, 3.8) is 0 Å². The van der Waals surface area contributed by atoms with Gasteiger partial charge in [0.25, 0.3) is 0 Å². The van der Waals surface area contributed by atoms with Gasteiger partial charge in [-0.05, 0) is 52.8 Å². The summed E-state index contributed by atoms with van der Waals surface area (Å²) in [5.74, 6) is -0.229. The summed E-state index contributed by atoms with van der Waals surface area (Å²) in [6, 6.07) is 30.7. The molecule has 4 heteroatoms. The normalized spacial score (nSPS) is 11.7. The summed E-state index contributed by atoms with van der Waals surface area (Å²) < 4.78 is 23.6. The fourth-order valence-electron chi connectivity index (χ4n) is 5.62. The molecule has 0 bridgehead atoms. The zero-order valence-electron chi connectivity index (χ0n) is 23.3. The Hall–Kier alpha value is -4.75. The SMILES string of the molecule is Cc1ccc2c(oc3c(-c4cccc(-c5ccccc5)c4)c(C#N)ccc32)c1-c1cc(C(C)(C)C)c(F)c[n+]1C. The molecule has 0 aliphatic heterocycles. The lowest BCUT2D eigenvalue weighted by Gasteiger charge is -2.19. The van der Waals surface area contributed by atoms with Gasteiger partial charge in [-0.3, -0.25) is 0 Å². The van der Waals surface area contributed by atoms with E-state index in [1.165, 1.54) is 0 Å². The largest absolute Gasteiger partial charge is 0.454 e. The van der Waals surface area contributed by atoms with Gasteiger partial charge in [0.1, 0.15) is 18.2 Å². The van der Waals surface area contributed by atoms with Crippen LogP contribution >= 0.6 is 0 Å². The van der Waals surface area contributed by atoms with Crippen molar-refractivity contribution in [3.05, 3.63) is 114 Å². The summed E-state index contributed by atoms with van der Waals surface area (Å²) in [5, 5.41) is 12.0. The van der Waals surface area contributed by atoms with E-state index in [-0.39, 0.29) is 11.2 Å². The monoisotopic (exact) mass is 525 g/mol. The molecule has 2 aromatic heterocycles. The van der Waals surface area contributed by atoms with Crippen molar-refractivity contribution in [1.82, 2.24) is 0 Å². The molecule has 0 radical (unpaired) electrons. The number of pyridine rings is 1. The molecular formula is C36H30FN2O+. The molecule has 0 saturated heterocycles. The molecule has 0 aliphatic rings. The van der Waals surface area contributed by atoms with Crippen LogP contribution in [0.1, 0.15) is 37.5 Å². The van der Waals surface area contributed by atoms with Crippen molar-refractivity contribution < 1.29 is 13.4 Å². The molecule has 0 atom stereocenters. The van der Waals surface area contributed by atoms with Crippen molar-refractivity contribution in [3.8, 4) is 39.6 Å². The number of halogens is 1. The van der Waals surface area contributed by atoms with Gasteiger partial charge in [0.15, 0.2) is 5.82 Å². The maximum Gasteiger partial charge on any atom is 0.216 e. The zero-order chi connectivity index (χ0) is 28.2.